The Labute approximate surface area is 129 Å². The van der Waals surface area contributed by atoms with Crippen molar-refractivity contribution in [1.29, 1.82) is 0 Å². The van der Waals surface area contributed by atoms with Crippen molar-refractivity contribution in [3.05, 3.63) is 35.2 Å². The molecule has 3 nitrogen and oxygen atoms in total. The molecule has 0 radical (unpaired) electrons. The standard InChI is InChI=1S/C15H18N2OS.ClH/c16-10-12-6-3-4-8-17(12)15(18)14-9-11-5-1-2-7-13(11)19-14;/h1-2,5,7,9,12H,3-4,6,8,10,16H2;1H. The van der Waals surface area contributed by atoms with Gasteiger partial charge in [-0.25, -0.2) is 0 Å². The Bertz CT molecular complexity index is 565. The zero-order valence-corrected chi connectivity index (χ0v) is 12.9. The van der Waals surface area contributed by atoms with E-state index in [1.807, 2.05) is 23.1 Å². The van der Waals surface area contributed by atoms with Crippen LogP contribution in [0.3, 0.4) is 0 Å². The molecule has 1 atom stereocenters. The quantitative estimate of drug-likeness (QED) is 0.925. The lowest BCUT2D eigenvalue weighted by Gasteiger charge is -2.34. The lowest BCUT2D eigenvalue weighted by Crippen LogP contribution is -2.47. The van der Waals surface area contributed by atoms with Gasteiger partial charge < -0.3 is 10.6 Å². The fourth-order valence-electron chi connectivity index (χ4n) is 2.74. The molecule has 1 saturated heterocycles. The van der Waals surface area contributed by atoms with Crippen molar-refractivity contribution in [1.82, 2.24) is 4.90 Å². The number of likely N-dealkylation sites (tertiary alicyclic amines) is 1. The van der Waals surface area contributed by atoms with Crippen LogP contribution in [0.25, 0.3) is 10.1 Å². The summed E-state index contributed by atoms with van der Waals surface area (Å²) < 4.78 is 1.17. The van der Waals surface area contributed by atoms with Gasteiger partial charge in [-0.05, 0) is 36.8 Å². The summed E-state index contributed by atoms with van der Waals surface area (Å²) >= 11 is 1.58. The van der Waals surface area contributed by atoms with Crippen LogP contribution in [0.2, 0.25) is 0 Å². The van der Waals surface area contributed by atoms with Crippen LogP contribution in [0.15, 0.2) is 30.3 Å². The van der Waals surface area contributed by atoms with Crippen LogP contribution < -0.4 is 5.73 Å². The maximum Gasteiger partial charge on any atom is 0.264 e. The van der Waals surface area contributed by atoms with Crippen molar-refractivity contribution in [2.24, 2.45) is 5.73 Å². The van der Waals surface area contributed by atoms with Gasteiger partial charge in [-0.2, -0.15) is 0 Å². The summed E-state index contributed by atoms with van der Waals surface area (Å²) in [5.74, 6) is 0.149. The summed E-state index contributed by atoms with van der Waals surface area (Å²) in [6, 6.07) is 10.4. The molecule has 1 aromatic heterocycles. The number of hydrogen-bond acceptors (Lipinski definition) is 3. The molecule has 20 heavy (non-hydrogen) atoms. The number of nitrogens with zero attached hydrogens (tertiary/aromatic N) is 1. The molecule has 0 saturated carbocycles. The highest BCUT2D eigenvalue weighted by atomic mass is 35.5. The number of amides is 1. The number of benzene rings is 1. The van der Waals surface area contributed by atoms with Gasteiger partial charge in [-0.3, -0.25) is 4.79 Å². The van der Waals surface area contributed by atoms with Crippen molar-refractivity contribution in [2.75, 3.05) is 13.1 Å². The van der Waals surface area contributed by atoms with Gasteiger partial charge in [-0.1, -0.05) is 18.2 Å². The van der Waals surface area contributed by atoms with E-state index in [2.05, 4.69) is 12.1 Å². The van der Waals surface area contributed by atoms with E-state index in [1.165, 1.54) is 11.1 Å². The van der Waals surface area contributed by atoms with E-state index in [4.69, 9.17) is 5.73 Å². The lowest BCUT2D eigenvalue weighted by molar-refractivity contribution is 0.0628. The number of fused-ring (bicyclic) bond motifs is 1. The van der Waals surface area contributed by atoms with Gasteiger partial charge in [0.05, 0.1) is 4.88 Å². The number of carbonyl (C=O) groups is 1. The second-order valence-electron chi connectivity index (χ2n) is 5.03. The van der Waals surface area contributed by atoms with Crippen molar-refractivity contribution in [3.8, 4) is 0 Å². The number of thiophene rings is 1. The predicted molar refractivity (Wildman–Crippen MR) is 86.8 cm³/mol. The first-order valence-corrected chi connectivity index (χ1v) is 7.61. The molecule has 1 aromatic carbocycles. The number of halogens is 1. The highest BCUT2D eigenvalue weighted by Gasteiger charge is 2.27. The molecule has 3 rings (SSSR count). The predicted octanol–water partition coefficient (Wildman–Crippen LogP) is 3.28. The van der Waals surface area contributed by atoms with E-state index < -0.39 is 0 Å². The normalized spacial score (nSPS) is 18.9. The average Bonchev–Trinajstić information content (AvgIpc) is 2.90. The third-order valence-electron chi connectivity index (χ3n) is 3.80. The maximum atomic E-state index is 12.6. The molecule has 108 valence electrons. The fourth-order valence-corrected chi connectivity index (χ4v) is 3.76. The monoisotopic (exact) mass is 310 g/mol. The fraction of sp³-hybridized carbons (Fsp3) is 0.400. The number of carbonyl (C=O) groups excluding carboxylic acids is 1. The molecular formula is C15H19ClN2OS. The second kappa shape index (κ2) is 6.57. The molecule has 1 aliphatic rings. The molecule has 2 heterocycles. The van der Waals surface area contributed by atoms with Gasteiger partial charge in [0.15, 0.2) is 0 Å². The van der Waals surface area contributed by atoms with Crippen molar-refractivity contribution in [3.63, 3.8) is 0 Å². The Kier molecular flexibility index (Phi) is 5.02. The van der Waals surface area contributed by atoms with Crippen molar-refractivity contribution < 1.29 is 4.79 Å². The van der Waals surface area contributed by atoms with E-state index in [0.717, 1.165) is 29.6 Å². The maximum absolute atomic E-state index is 12.6. The Hall–Kier alpha value is -1.10. The van der Waals surface area contributed by atoms with Gasteiger partial charge in [0, 0.05) is 23.8 Å². The molecule has 1 fully saturated rings. The van der Waals surface area contributed by atoms with Crippen molar-refractivity contribution in [2.45, 2.75) is 25.3 Å². The van der Waals surface area contributed by atoms with E-state index >= 15 is 0 Å². The van der Waals surface area contributed by atoms with E-state index in [-0.39, 0.29) is 24.4 Å². The van der Waals surface area contributed by atoms with Gasteiger partial charge >= 0.3 is 0 Å². The van der Waals surface area contributed by atoms with Gasteiger partial charge in [0.1, 0.15) is 0 Å². The van der Waals surface area contributed by atoms with E-state index in [1.54, 1.807) is 11.3 Å². The Balaban J connectivity index is 0.00000147. The van der Waals surface area contributed by atoms with E-state index in [9.17, 15) is 4.79 Å². The molecule has 0 spiro atoms. The van der Waals surface area contributed by atoms with Crippen LogP contribution in [0.4, 0.5) is 0 Å². The third-order valence-corrected chi connectivity index (χ3v) is 4.90. The third kappa shape index (κ3) is 2.82. The number of rotatable bonds is 2. The number of nitrogens with two attached hydrogens (primary N) is 1. The average molecular weight is 311 g/mol. The zero-order chi connectivity index (χ0) is 13.2. The lowest BCUT2D eigenvalue weighted by atomic mass is 10.0. The highest BCUT2D eigenvalue weighted by molar-refractivity contribution is 7.20. The molecular weight excluding hydrogens is 292 g/mol. The van der Waals surface area contributed by atoms with E-state index in [0.29, 0.717) is 6.54 Å². The molecule has 2 aromatic rings. The van der Waals surface area contributed by atoms with Crippen LogP contribution in [-0.2, 0) is 0 Å². The summed E-state index contributed by atoms with van der Waals surface area (Å²) in [4.78, 5) is 15.4. The zero-order valence-electron chi connectivity index (χ0n) is 11.2. The Morgan fingerprint density at radius 2 is 2.15 bits per heavy atom. The molecule has 0 aliphatic carbocycles. The largest absolute Gasteiger partial charge is 0.334 e. The minimum atomic E-state index is 0. The Morgan fingerprint density at radius 1 is 1.35 bits per heavy atom. The first-order valence-electron chi connectivity index (χ1n) is 6.79. The second-order valence-corrected chi connectivity index (χ2v) is 6.12. The molecule has 5 heteroatoms. The molecule has 1 unspecified atom stereocenters. The van der Waals surface area contributed by atoms with Crippen molar-refractivity contribution >= 4 is 39.7 Å². The number of hydrogen-bond donors (Lipinski definition) is 1. The number of piperidine rings is 1. The summed E-state index contributed by atoms with van der Waals surface area (Å²) in [5, 5.41) is 1.15. The molecule has 2 N–H and O–H groups in total. The van der Waals surface area contributed by atoms with Crippen LogP contribution in [0, 0.1) is 0 Å². The molecule has 0 bridgehead atoms. The topological polar surface area (TPSA) is 46.3 Å². The Morgan fingerprint density at radius 3 is 2.90 bits per heavy atom. The van der Waals surface area contributed by atoms with Crippen LogP contribution in [0.1, 0.15) is 28.9 Å². The minimum absolute atomic E-state index is 0. The molecule has 1 amide bonds. The summed E-state index contributed by atoms with van der Waals surface area (Å²) in [6.45, 7) is 1.41. The first-order chi connectivity index (χ1) is 9.29. The van der Waals surface area contributed by atoms with Crippen LogP contribution >= 0.6 is 23.7 Å². The van der Waals surface area contributed by atoms with Gasteiger partial charge in [0.25, 0.3) is 5.91 Å². The molecule has 1 aliphatic heterocycles. The summed E-state index contributed by atoms with van der Waals surface area (Å²) in [5.41, 5.74) is 5.79. The summed E-state index contributed by atoms with van der Waals surface area (Å²) in [6.07, 6.45) is 3.30. The minimum Gasteiger partial charge on any atom is -0.334 e. The summed E-state index contributed by atoms with van der Waals surface area (Å²) in [7, 11) is 0. The van der Waals surface area contributed by atoms with Crippen LogP contribution in [-0.4, -0.2) is 29.9 Å². The SMILES string of the molecule is Cl.NCC1CCCCN1C(=O)c1cc2ccccc2s1. The smallest absolute Gasteiger partial charge is 0.264 e. The highest BCUT2D eigenvalue weighted by Crippen LogP contribution is 2.28. The van der Waals surface area contributed by atoms with Crippen LogP contribution in [0.5, 0.6) is 0 Å². The van der Waals surface area contributed by atoms with Gasteiger partial charge in [-0.15, -0.1) is 23.7 Å². The van der Waals surface area contributed by atoms with Gasteiger partial charge in [0.2, 0.25) is 0 Å². The first kappa shape index (κ1) is 15.3.